The summed E-state index contributed by atoms with van der Waals surface area (Å²) < 4.78 is 10.5. The molecule has 0 amide bonds. The van der Waals surface area contributed by atoms with Crippen molar-refractivity contribution in [1.82, 2.24) is 0 Å². The van der Waals surface area contributed by atoms with Crippen molar-refractivity contribution in [3.8, 4) is 0 Å². The van der Waals surface area contributed by atoms with Gasteiger partial charge in [-0.2, -0.15) is 0 Å². The Kier molecular flexibility index (Phi) is 5.92. The van der Waals surface area contributed by atoms with Crippen LogP contribution in [-0.4, -0.2) is 30.6 Å². The van der Waals surface area contributed by atoms with Crippen LogP contribution in [0.2, 0.25) is 0 Å². The number of hydrogen-bond donors (Lipinski definition) is 0. The molecule has 1 aliphatic rings. The number of hydrogen-bond acceptors (Lipinski definition) is 3. The molecule has 0 aromatic heterocycles. The van der Waals surface area contributed by atoms with E-state index in [1.165, 1.54) is 7.11 Å². The molecule has 1 rings (SSSR count). The van der Waals surface area contributed by atoms with E-state index in [0.717, 1.165) is 30.4 Å². The minimum atomic E-state index is -0.291. The first kappa shape index (κ1) is 14.5. The zero-order valence-corrected chi connectivity index (χ0v) is 12.0. The summed E-state index contributed by atoms with van der Waals surface area (Å²) >= 11 is 3.38. The fourth-order valence-electron chi connectivity index (χ4n) is 1.79. The first-order valence-electron chi connectivity index (χ1n) is 5.73. The number of allylic oxidation sites excluding steroid dienone is 2. The molecule has 0 saturated carbocycles. The molecule has 1 unspecified atom stereocenters. The third kappa shape index (κ3) is 5.04. The molecule has 0 fully saturated rings. The second-order valence-electron chi connectivity index (χ2n) is 4.32. The normalized spacial score (nSPS) is 23.4. The monoisotopic (exact) mass is 302 g/mol. The Morgan fingerprint density at radius 2 is 2.35 bits per heavy atom. The summed E-state index contributed by atoms with van der Waals surface area (Å²) in [5, 5.41) is 0.942. The van der Waals surface area contributed by atoms with E-state index in [-0.39, 0.29) is 11.6 Å². The smallest absolute Gasteiger partial charge is 0.309 e. The van der Waals surface area contributed by atoms with Gasteiger partial charge in [0.25, 0.3) is 0 Å². The summed E-state index contributed by atoms with van der Waals surface area (Å²) in [7, 11) is 1.41. The molecule has 0 heterocycles. The highest BCUT2D eigenvalue weighted by molar-refractivity contribution is 9.09. The molecule has 1 atom stereocenters. The van der Waals surface area contributed by atoms with Crippen molar-refractivity contribution in [2.75, 3.05) is 19.0 Å². The third-order valence-electron chi connectivity index (χ3n) is 2.67. The van der Waals surface area contributed by atoms with Gasteiger partial charge in [0.15, 0.2) is 0 Å². The second kappa shape index (κ2) is 6.97. The predicted octanol–water partition coefficient (Wildman–Crippen LogP) is 3.00. The molecular formula is C13H19BrO3. The van der Waals surface area contributed by atoms with E-state index in [9.17, 15) is 4.79 Å². The molecule has 0 aromatic rings. The number of ether oxygens (including phenoxy) is 2. The van der Waals surface area contributed by atoms with Gasteiger partial charge in [0, 0.05) is 18.4 Å². The number of carbonyl (C=O) groups is 1. The molecule has 3 nitrogen and oxygen atoms in total. The van der Waals surface area contributed by atoms with Gasteiger partial charge < -0.3 is 9.47 Å². The van der Waals surface area contributed by atoms with Gasteiger partial charge in [-0.15, -0.1) is 0 Å². The lowest BCUT2D eigenvalue weighted by Crippen LogP contribution is -2.29. The average Bonchev–Trinajstić information content (AvgIpc) is 2.29. The van der Waals surface area contributed by atoms with Crippen LogP contribution in [0.3, 0.4) is 0 Å². The summed E-state index contributed by atoms with van der Waals surface area (Å²) in [5.74, 6) is -0.200. The van der Waals surface area contributed by atoms with Gasteiger partial charge in [0.2, 0.25) is 0 Å². The van der Waals surface area contributed by atoms with Gasteiger partial charge in [-0.1, -0.05) is 39.7 Å². The molecule has 0 radical (unpaired) electrons. The van der Waals surface area contributed by atoms with E-state index in [1.807, 2.05) is 25.2 Å². The minimum absolute atomic E-state index is 0.200. The van der Waals surface area contributed by atoms with Gasteiger partial charge >= 0.3 is 5.97 Å². The zero-order valence-electron chi connectivity index (χ0n) is 10.4. The molecule has 0 N–H and O–H groups in total. The van der Waals surface area contributed by atoms with Crippen molar-refractivity contribution >= 4 is 21.9 Å². The van der Waals surface area contributed by atoms with Crippen molar-refractivity contribution in [2.24, 2.45) is 0 Å². The van der Waals surface area contributed by atoms with Gasteiger partial charge in [0.1, 0.15) is 0 Å². The predicted molar refractivity (Wildman–Crippen MR) is 71.2 cm³/mol. The van der Waals surface area contributed by atoms with Gasteiger partial charge in [-0.25, -0.2) is 0 Å². The van der Waals surface area contributed by atoms with E-state index < -0.39 is 0 Å². The minimum Gasteiger partial charge on any atom is -0.469 e. The summed E-state index contributed by atoms with van der Waals surface area (Å²) in [4.78, 5) is 11.2. The quantitative estimate of drug-likeness (QED) is 0.430. The standard InChI is InChI=1S/C13H19BrO3/c1-13(17-8-4-7-14)6-3-5-11(10-13)9-12(15)16-2/h3,5-6H,4,7-10H2,1-2H3. The maximum atomic E-state index is 11.2. The van der Waals surface area contributed by atoms with Crippen LogP contribution in [0.1, 0.15) is 26.2 Å². The highest BCUT2D eigenvalue weighted by Crippen LogP contribution is 2.28. The Morgan fingerprint density at radius 1 is 1.59 bits per heavy atom. The van der Waals surface area contributed by atoms with Crippen molar-refractivity contribution in [3.63, 3.8) is 0 Å². The molecule has 17 heavy (non-hydrogen) atoms. The van der Waals surface area contributed by atoms with Crippen LogP contribution in [0.5, 0.6) is 0 Å². The van der Waals surface area contributed by atoms with Crippen molar-refractivity contribution in [3.05, 3.63) is 23.8 Å². The number of esters is 1. The van der Waals surface area contributed by atoms with Gasteiger partial charge in [0.05, 0.1) is 19.1 Å². The summed E-state index contributed by atoms with van der Waals surface area (Å²) in [6.45, 7) is 2.76. The van der Waals surface area contributed by atoms with E-state index >= 15 is 0 Å². The van der Waals surface area contributed by atoms with Crippen LogP contribution in [-0.2, 0) is 14.3 Å². The van der Waals surface area contributed by atoms with E-state index in [1.54, 1.807) is 0 Å². The van der Waals surface area contributed by atoms with Crippen molar-refractivity contribution in [1.29, 1.82) is 0 Å². The van der Waals surface area contributed by atoms with E-state index in [0.29, 0.717) is 6.42 Å². The van der Waals surface area contributed by atoms with Crippen LogP contribution in [0.4, 0.5) is 0 Å². The summed E-state index contributed by atoms with van der Waals surface area (Å²) in [6, 6.07) is 0. The van der Waals surface area contributed by atoms with E-state index in [2.05, 4.69) is 20.7 Å². The largest absolute Gasteiger partial charge is 0.469 e. The second-order valence-corrected chi connectivity index (χ2v) is 5.11. The molecular weight excluding hydrogens is 284 g/mol. The van der Waals surface area contributed by atoms with Crippen LogP contribution >= 0.6 is 15.9 Å². The Bertz CT molecular complexity index is 323. The molecule has 0 bridgehead atoms. The molecule has 0 saturated heterocycles. The zero-order chi connectivity index (χ0) is 12.7. The van der Waals surface area contributed by atoms with E-state index in [4.69, 9.17) is 4.74 Å². The SMILES string of the molecule is COC(=O)CC1=CC=CC(C)(OCCCBr)C1. The Morgan fingerprint density at radius 3 is 3.00 bits per heavy atom. The number of alkyl halides is 1. The fraction of sp³-hybridized carbons (Fsp3) is 0.615. The highest BCUT2D eigenvalue weighted by Gasteiger charge is 2.26. The first-order chi connectivity index (χ1) is 8.09. The molecule has 1 aliphatic carbocycles. The molecule has 0 aromatic carbocycles. The first-order valence-corrected chi connectivity index (χ1v) is 6.86. The third-order valence-corrected chi connectivity index (χ3v) is 3.23. The molecule has 96 valence electrons. The van der Waals surface area contributed by atoms with Crippen molar-refractivity contribution < 1.29 is 14.3 Å². The molecule has 0 aliphatic heterocycles. The Hall–Kier alpha value is -0.610. The van der Waals surface area contributed by atoms with Crippen LogP contribution in [0.15, 0.2) is 23.8 Å². The number of rotatable bonds is 6. The number of halogens is 1. The highest BCUT2D eigenvalue weighted by atomic mass is 79.9. The lowest BCUT2D eigenvalue weighted by atomic mass is 9.90. The number of methoxy groups -OCH3 is 1. The molecule has 0 spiro atoms. The van der Waals surface area contributed by atoms with Crippen LogP contribution in [0, 0.1) is 0 Å². The van der Waals surface area contributed by atoms with Crippen LogP contribution in [0.25, 0.3) is 0 Å². The fourth-order valence-corrected chi connectivity index (χ4v) is 2.02. The topological polar surface area (TPSA) is 35.5 Å². The Labute approximate surface area is 111 Å². The summed E-state index contributed by atoms with van der Waals surface area (Å²) in [6.07, 6.45) is 8.04. The maximum absolute atomic E-state index is 11.2. The maximum Gasteiger partial charge on any atom is 0.309 e. The van der Waals surface area contributed by atoms with Crippen LogP contribution < -0.4 is 0 Å². The Balaban J connectivity index is 2.49. The summed E-state index contributed by atoms with van der Waals surface area (Å²) in [5.41, 5.74) is 0.765. The lowest BCUT2D eigenvalue weighted by Gasteiger charge is -2.29. The lowest BCUT2D eigenvalue weighted by molar-refractivity contribution is -0.139. The van der Waals surface area contributed by atoms with Crippen molar-refractivity contribution in [2.45, 2.75) is 31.8 Å². The molecule has 4 heteroatoms. The number of carbonyl (C=O) groups excluding carboxylic acids is 1. The van der Waals surface area contributed by atoms with Gasteiger partial charge in [-0.3, -0.25) is 4.79 Å². The average molecular weight is 303 g/mol. The van der Waals surface area contributed by atoms with Gasteiger partial charge in [-0.05, 0) is 13.3 Å².